The monoisotopic (exact) mass is 247 g/mol. The third kappa shape index (κ3) is 3.29. The molecule has 0 aliphatic carbocycles. The minimum atomic E-state index is 0.267. The highest BCUT2D eigenvalue weighted by Crippen LogP contribution is 2.11. The van der Waals surface area contributed by atoms with Crippen molar-refractivity contribution in [2.45, 2.75) is 32.2 Å². The minimum absolute atomic E-state index is 0.267. The zero-order valence-electron chi connectivity index (χ0n) is 10.9. The third-order valence-corrected chi connectivity index (χ3v) is 3.51. The second kappa shape index (κ2) is 6.50. The maximum Gasteiger partial charge on any atom is 0.223 e. The number of carbonyl (C=O) groups excluding carboxylic acids is 1. The summed E-state index contributed by atoms with van der Waals surface area (Å²) in [4.78, 5) is 18.2. The smallest absolute Gasteiger partial charge is 0.223 e. The molecule has 0 radical (unpaired) electrons. The Labute approximate surface area is 108 Å². The van der Waals surface area contributed by atoms with Gasteiger partial charge in [-0.05, 0) is 44.0 Å². The number of nitrogens with one attached hydrogen (secondary N) is 1. The Bertz CT molecular complexity index is 374. The number of aryl methyl sites for hydroxylation is 1. The van der Waals surface area contributed by atoms with Crippen molar-refractivity contribution < 1.29 is 4.79 Å². The molecule has 0 spiro atoms. The van der Waals surface area contributed by atoms with Crippen LogP contribution in [0, 0.1) is 0 Å². The topological polar surface area (TPSA) is 45.2 Å². The van der Waals surface area contributed by atoms with Gasteiger partial charge in [0.15, 0.2) is 0 Å². The quantitative estimate of drug-likeness (QED) is 0.851. The van der Waals surface area contributed by atoms with Crippen LogP contribution in [-0.4, -0.2) is 41.5 Å². The molecule has 18 heavy (non-hydrogen) atoms. The summed E-state index contributed by atoms with van der Waals surface area (Å²) in [6.45, 7) is 4.83. The zero-order valence-corrected chi connectivity index (χ0v) is 10.9. The van der Waals surface area contributed by atoms with Crippen molar-refractivity contribution in [2.75, 3.05) is 19.6 Å². The number of pyridine rings is 1. The van der Waals surface area contributed by atoms with Gasteiger partial charge in [-0.25, -0.2) is 0 Å². The number of rotatable bonds is 5. The Morgan fingerprint density at radius 1 is 1.50 bits per heavy atom. The van der Waals surface area contributed by atoms with Crippen LogP contribution in [0.2, 0.25) is 0 Å². The molecule has 2 rings (SSSR count). The first-order chi connectivity index (χ1) is 8.81. The first-order valence-electron chi connectivity index (χ1n) is 6.70. The fourth-order valence-corrected chi connectivity index (χ4v) is 2.49. The van der Waals surface area contributed by atoms with Gasteiger partial charge in [0.25, 0.3) is 0 Å². The Balaban J connectivity index is 1.86. The number of nitrogens with zero attached hydrogens (tertiary/aromatic N) is 2. The minimum Gasteiger partial charge on any atom is -0.339 e. The molecular formula is C14H21N3O. The number of carbonyl (C=O) groups is 1. The van der Waals surface area contributed by atoms with Crippen LogP contribution in [0.3, 0.4) is 0 Å². The molecular weight excluding hydrogens is 226 g/mol. The maximum atomic E-state index is 12.2. The summed E-state index contributed by atoms with van der Waals surface area (Å²) in [5.74, 6) is 0.267. The van der Waals surface area contributed by atoms with Crippen LogP contribution >= 0.6 is 0 Å². The molecule has 1 aromatic heterocycles. The average Bonchev–Trinajstić information content (AvgIpc) is 2.92. The van der Waals surface area contributed by atoms with E-state index in [-0.39, 0.29) is 5.91 Å². The number of hydrogen-bond acceptors (Lipinski definition) is 3. The van der Waals surface area contributed by atoms with Gasteiger partial charge in [-0.15, -0.1) is 0 Å². The molecule has 1 aliphatic rings. The van der Waals surface area contributed by atoms with E-state index in [0.29, 0.717) is 12.5 Å². The molecule has 1 aliphatic heterocycles. The predicted octanol–water partition coefficient (Wildman–Crippen LogP) is 1.22. The van der Waals surface area contributed by atoms with Gasteiger partial charge in [0.2, 0.25) is 5.91 Å². The van der Waals surface area contributed by atoms with Gasteiger partial charge in [0.1, 0.15) is 0 Å². The molecule has 1 N–H and O–H groups in total. The van der Waals surface area contributed by atoms with Gasteiger partial charge >= 0.3 is 0 Å². The summed E-state index contributed by atoms with van der Waals surface area (Å²) >= 11 is 0. The maximum absolute atomic E-state index is 12.2. The molecule has 2 heterocycles. The third-order valence-electron chi connectivity index (χ3n) is 3.51. The lowest BCUT2D eigenvalue weighted by atomic mass is 10.1. The second-order valence-electron chi connectivity index (χ2n) is 4.68. The van der Waals surface area contributed by atoms with E-state index < -0.39 is 0 Å². The Hall–Kier alpha value is -1.42. The van der Waals surface area contributed by atoms with Crippen molar-refractivity contribution in [3.05, 3.63) is 30.1 Å². The van der Waals surface area contributed by atoms with Gasteiger partial charge in [-0.3, -0.25) is 9.78 Å². The first kappa shape index (κ1) is 13.0. The van der Waals surface area contributed by atoms with Crippen LogP contribution in [0.25, 0.3) is 0 Å². The van der Waals surface area contributed by atoms with Gasteiger partial charge in [-0.1, -0.05) is 0 Å². The highest BCUT2D eigenvalue weighted by atomic mass is 16.2. The van der Waals surface area contributed by atoms with E-state index in [0.717, 1.165) is 32.5 Å². The molecule has 1 aromatic rings. The fourth-order valence-electron chi connectivity index (χ4n) is 2.49. The summed E-state index contributed by atoms with van der Waals surface area (Å²) in [5, 5.41) is 3.31. The SMILES string of the molecule is CCN(C(=O)CCc1ccncc1)C1CCNC1. The van der Waals surface area contributed by atoms with Gasteiger partial charge < -0.3 is 10.2 Å². The van der Waals surface area contributed by atoms with Crippen LogP contribution < -0.4 is 5.32 Å². The molecule has 4 nitrogen and oxygen atoms in total. The molecule has 1 unspecified atom stereocenters. The van der Waals surface area contributed by atoms with Crippen LogP contribution in [0.1, 0.15) is 25.3 Å². The summed E-state index contributed by atoms with van der Waals surface area (Å²) < 4.78 is 0. The highest BCUT2D eigenvalue weighted by molar-refractivity contribution is 5.76. The molecule has 98 valence electrons. The van der Waals surface area contributed by atoms with E-state index in [1.165, 1.54) is 5.56 Å². The van der Waals surface area contributed by atoms with Crippen LogP contribution in [0.5, 0.6) is 0 Å². The predicted molar refractivity (Wildman–Crippen MR) is 71.2 cm³/mol. The van der Waals surface area contributed by atoms with E-state index >= 15 is 0 Å². The molecule has 1 fully saturated rings. The lowest BCUT2D eigenvalue weighted by molar-refractivity contribution is -0.132. The molecule has 1 atom stereocenters. The second-order valence-corrected chi connectivity index (χ2v) is 4.68. The van der Waals surface area contributed by atoms with Crippen molar-refractivity contribution >= 4 is 5.91 Å². The first-order valence-corrected chi connectivity index (χ1v) is 6.70. The number of amides is 1. The van der Waals surface area contributed by atoms with Gasteiger partial charge in [0, 0.05) is 37.9 Å². The number of aromatic nitrogens is 1. The number of likely N-dealkylation sites (N-methyl/N-ethyl adjacent to an activating group) is 1. The summed E-state index contributed by atoms with van der Waals surface area (Å²) in [5.41, 5.74) is 1.18. The van der Waals surface area contributed by atoms with E-state index in [4.69, 9.17) is 0 Å². The lowest BCUT2D eigenvalue weighted by Gasteiger charge is -2.27. The summed E-state index contributed by atoms with van der Waals surface area (Å²) in [6.07, 6.45) is 6.03. The molecule has 1 amide bonds. The fraction of sp³-hybridized carbons (Fsp3) is 0.571. The molecule has 1 saturated heterocycles. The number of hydrogen-bond donors (Lipinski definition) is 1. The summed E-state index contributed by atoms with van der Waals surface area (Å²) in [7, 11) is 0. The van der Waals surface area contributed by atoms with Crippen LogP contribution in [0.15, 0.2) is 24.5 Å². The average molecular weight is 247 g/mol. The molecule has 0 aromatic carbocycles. The van der Waals surface area contributed by atoms with E-state index in [2.05, 4.69) is 17.2 Å². The van der Waals surface area contributed by atoms with Crippen molar-refractivity contribution in [1.29, 1.82) is 0 Å². The Morgan fingerprint density at radius 3 is 2.89 bits per heavy atom. The van der Waals surface area contributed by atoms with Crippen LogP contribution in [0.4, 0.5) is 0 Å². The highest BCUT2D eigenvalue weighted by Gasteiger charge is 2.24. The van der Waals surface area contributed by atoms with Crippen molar-refractivity contribution in [2.24, 2.45) is 0 Å². The molecule has 4 heteroatoms. The molecule has 0 bridgehead atoms. The Kier molecular flexibility index (Phi) is 4.70. The van der Waals surface area contributed by atoms with E-state index in [1.807, 2.05) is 17.0 Å². The Morgan fingerprint density at radius 2 is 2.28 bits per heavy atom. The lowest BCUT2D eigenvalue weighted by Crippen LogP contribution is -2.41. The zero-order chi connectivity index (χ0) is 12.8. The largest absolute Gasteiger partial charge is 0.339 e. The molecule has 0 saturated carbocycles. The van der Waals surface area contributed by atoms with E-state index in [1.54, 1.807) is 12.4 Å². The van der Waals surface area contributed by atoms with Gasteiger partial charge in [-0.2, -0.15) is 0 Å². The van der Waals surface area contributed by atoms with Crippen molar-refractivity contribution in [3.8, 4) is 0 Å². The van der Waals surface area contributed by atoms with Gasteiger partial charge in [0.05, 0.1) is 0 Å². The van der Waals surface area contributed by atoms with Crippen molar-refractivity contribution in [3.63, 3.8) is 0 Å². The normalized spacial score (nSPS) is 18.8. The van der Waals surface area contributed by atoms with Crippen molar-refractivity contribution in [1.82, 2.24) is 15.2 Å². The standard InChI is InChI=1S/C14H21N3O/c1-2-17(13-7-10-16-11-13)14(18)4-3-12-5-8-15-9-6-12/h5-6,8-9,13,16H,2-4,7,10-11H2,1H3. The van der Waals surface area contributed by atoms with E-state index in [9.17, 15) is 4.79 Å². The van der Waals surface area contributed by atoms with Crippen LogP contribution in [-0.2, 0) is 11.2 Å². The summed E-state index contributed by atoms with van der Waals surface area (Å²) in [6, 6.07) is 4.33.